The first kappa shape index (κ1) is 41.5. The van der Waals surface area contributed by atoms with E-state index in [1.54, 1.807) is 26.8 Å². The SMILES string of the molecule is CC(C)(C)OC(=O)NC1CCCCCC=CC2CC2(C(=O)NS(=O)(=O)c2cc(C(=O)O)ccc2Cl)NC(=O)C2CC(OC(=O)N3Cc4ccccc4C3)CN2C1=O. The number of amides is 5. The van der Waals surface area contributed by atoms with E-state index in [0.29, 0.717) is 38.8 Å². The molecule has 2 aromatic rings. The van der Waals surface area contributed by atoms with Crippen molar-refractivity contribution in [2.24, 2.45) is 5.92 Å². The van der Waals surface area contributed by atoms with Gasteiger partial charge in [0.2, 0.25) is 11.8 Å². The molecule has 4 N–H and O–H groups in total. The first-order valence-electron chi connectivity index (χ1n) is 18.8. The van der Waals surface area contributed by atoms with Gasteiger partial charge in [0.05, 0.1) is 17.1 Å². The number of nitrogens with zero attached hydrogens (tertiary/aromatic N) is 2. The maximum atomic E-state index is 14.4. The number of nitrogens with one attached hydrogen (secondary N) is 3. The van der Waals surface area contributed by atoms with E-state index >= 15 is 0 Å². The molecule has 4 aliphatic rings. The molecular formula is C39H46ClN5O11S. The maximum absolute atomic E-state index is 14.4. The van der Waals surface area contributed by atoms with Crippen molar-refractivity contribution in [3.05, 3.63) is 76.3 Å². The molecule has 3 aliphatic heterocycles. The molecular weight excluding hydrogens is 782 g/mol. The summed E-state index contributed by atoms with van der Waals surface area (Å²) in [5.74, 6) is -4.58. The molecule has 1 saturated carbocycles. The number of benzene rings is 2. The summed E-state index contributed by atoms with van der Waals surface area (Å²) in [5, 5.41) is 14.5. The minimum absolute atomic E-state index is 0.0108. The molecule has 0 bridgehead atoms. The number of carbonyl (C=O) groups excluding carboxylic acids is 5. The molecule has 1 aliphatic carbocycles. The van der Waals surface area contributed by atoms with Crippen molar-refractivity contribution in [3.63, 3.8) is 0 Å². The highest BCUT2D eigenvalue weighted by Crippen LogP contribution is 2.46. The zero-order chi connectivity index (χ0) is 41.3. The van der Waals surface area contributed by atoms with E-state index in [4.69, 9.17) is 21.1 Å². The monoisotopic (exact) mass is 827 g/mol. The summed E-state index contributed by atoms with van der Waals surface area (Å²) in [5.41, 5.74) is -1.09. The van der Waals surface area contributed by atoms with Gasteiger partial charge in [0.25, 0.3) is 15.9 Å². The summed E-state index contributed by atoms with van der Waals surface area (Å²) >= 11 is 6.14. The van der Waals surface area contributed by atoms with Crippen LogP contribution in [-0.4, -0.2) is 95.1 Å². The second-order valence-electron chi connectivity index (χ2n) is 15.8. The van der Waals surface area contributed by atoms with Crippen LogP contribution in [0, 0.1) is 5.92 Å². The number of sulfonamides is 1. The molecule has 0 aromatic heterocycles. The Balaban J connectivity index is 1.28. The fourth-order valence-corrected chi connectivity index (χ4v) is 8.97. The Morgan fingerprint density at radius 2 is 1.72 bits per heavy atom. The van der Waals surface area contributed by atoms with Gasteiger partial charge in [-0.3, -0.25) is 19.3 Å². The van der Waals surface area contributed by atoms with Gasteiger partial charge in [-0.25, -0.2) is 27.5 Å². The molecule has 6 rings (SSSR count). The van der Waals surface area contributed by atoms with E-state index in [-0.39, 0.29) is 36.4 Å². The molecule has 1 saturated heterocycles. The number of rotatable bonds is 6. The van der Waals surface area contributed by atoms with Crippen LogP contribution < -0.4 is 15.4 Å². The normalized spacial score (nSPS) is 25.1. The molecule has 5 atom stereocenters. The second kappa shape index (κ2) is 16.4. The van der Waals surface area contributed by atoms with Crippen LogP contribution in [0.1, 0.15) is 87.2 Å². The lowest BCUT2D eigenvalue weighted by Gasteiger charge is -2.30. The highest BCUT2D eigenvalue weighted by Gasteiger charge is 2.62. The number of carboxylic acid groups (broad SMARTS) is 1. The third-order valence-corrected chi connectivity index (χ3v) is 12.2. The van der Waals surface area contributed by atoms with Gasteiger partial charge in [-0.15, -0.1) is 0 Å². The summed E-state index contributed by atoms with van der Waals surface area (Å²) < 4.78 is 40.3. The van der Waals surface area contributed by atoms with E-state index in [0.717, 1.165) is 29.3 Å². The molecule has 16 nitrogen and oxygen atoms in total. The Hall–Kier alpha value is -5.16. The number of allylic oxidation sites excluding steroid dienone is 1. The van der Waals surface area contributed by atoms with Crippen LogP contribution in [0.15, 0.2) is 59.5 Å². The van der Waals surface area contributed by atoms with Crippen molar-refractivity contribution in [2.75, 3.05) is 6.54 Å². The Kier molecular flexibility index (Phi) is 11.9. The number of carbonyl (C=O) groups is 6. The van der Waals surface area contributed by atoms with E-state index in [1.165, 1.54) is 9.80 Å². The minimum atomic E-state index is -4.75. The number of ether oxygens (including phenoxy) is 2. The fourth-order valence-electron chi connectivity index (χ4n) is 7.40. The molecule has 5 unspecified atom stereocenters. The number of carboxylic acids is 1. The summed E-state index contributed by atoms with van der Waals surface area (Å²) in [6.07, 6.45) is 3.71. The van der Waals surface area contributed by atoms with Crippen LogP contribution in [0.5, 0.6) is 0 Å². The first-order valence-corrected chi connectivity index (χ1v) is 20.6. The molecule has 0 radical (unpaired) electrons. The highest BCUT2D eigenvalue weighted by molar-refractivity contribution is 7.90. The van der Waals surface area contributed by atoms with Crippen LogP contribution in [0.2, 0.25) is 5.02 Å². The van der Waals surface area contributed by atoms with Crippen LogP contribution in [0.3, 0.4) is 0 Å². The average Bonchev–Trinajstić information content (AvgIpc) is 3.43. The number of hydrogen-bond acceptors (Lipinski definition) is 10. The zero-order valence-corrected chi connectivity index (χ0v) is 33.4. The second-order valence-corrected chi connectivity index (χ2v) is 17.9. The number of fused-ring (bicyclic) bond motifs is 3. The largest absolute Gasteiger partial charge is 0.478 e. The number of alkyl carbamates (subject to hydrolysis) is 1. The lowest BCUT2D eigenvalue weighted by Crippen LogP contribution is -2.58. The predicted molar refractivity (Wildman–Crippen MR) is 204 cm³/mol. The number of halogens is 1. The third-order valence-electron chi connectivity index (χ3n) is 10.4. The number of hydrogen-bond donors (Lipinski definition) is 4. The van der Waals surface area contributed by atoms with E-state index in [2.05, 4.69) is 10.6 Å². The van der Waals surface area contributed by atoms with Crippen molar-refractivity contribution in [3.8, 4) is 0 Å². The molecule has 5 amide bonds. The third kappa shape index (κ3) is 9.52. The Labute approximate surface area is 335 Å². The summed E-state index contributed by atoms with van der Waals surface area (Å²) in [6, 6.07) is 8.18. The Morgan fingerprint density at radius 1 is 1.02 bits per heavy atom. The Bertz CT molecular complexity index is 2080. The van der Waals surface area contributed by atoms with E-state index in [9.17, 15) is 42.3 Å². The smallest absolute Gasteiger partial charge is 0.410 e. The van der Waals surface area contributed by atoms with Gasteiger partial charge < -0.3 is 30.1 Å². The summed E-state index contributed by atoms with van der Waals surface area (Å²) in [4.78, 5) is 82.8. The summed E-state index contributed by atoms with van der Waals surface area (Å²) in [6.45, 7) is 5.48. The van der Waals surface area contributed by atoms with Gasteiger partial charge in [-0.2, -0.15) is 0 Å². The molecule has 0 spiro atoms. The fraction of sp³-hybridized carbons (Fsp3) is 0.487. The molecule has 306 valence electrons. The van der Waals surface area contributed by atoms with Gasteiger partial charge >= 0.3 is 18.2 Å². The van der Waals surface area contributed by atoms with Gasteiger partial charge in [0.1, 0.15) is 34.2 Å². The lowest BCUT2D eigenvalue weighted by molar-refractivity contribution is -0.141. The standard InChI is InChI=1S/C39H46ClN5O11S/c1-38(2,3)56-36(51)41-29-14-8-6-4-5-7-13-26-19-39(26,35(50)43-57(53,54)31-17-23(34(48)49)15-16-28(31)40)42-32(46)30-18-27(22-45(30)33(29)47)55-37(52)44-20-24-11-9-10-12-25(24)21-44/h7,9-13,15-17,26-27,29-30H,4-6,8,14,18-22H2,1-3H3,(H,41,51)(H,42,46)(H,43,50)(H,48,49). The zero-order valence-electron chi connectivity index (χ0n) is 31.8. The van der Waals surface area contributed by atoms with Crippen molar-refractivity contribution >= 4 is 57.5 Å². The van der Waals surface area contributed by atoms with Gasteiger partial charge in [0, 0.05) is 25.4 Å². The quantitative estimate of drug-likeness (QED) is 0.302. The van der Waals surface area contributed by atoms with Crippen molar-refractivity contribution in [1.82, 2.24) is 25.2 Å². The van der Waals surface area contributed by atoms with Crippen molar-refractivity contribution in [1.29, 1.82) is 0 Å². The average molecular weight is 828 g/mol. The van der Waals surface area contributed by atoms with Gasteiger partial charge in [0.15, 0.2) is 0 Å². The molecule has 18 heteroatoms. The van der Waals surface area contributed by atoms with Crippen molar-refractivity contribution in [2.45, 2.75) is 113 Å². The van der Waals surface area contributed by atoms with Gasteiger partial charge in [-0.05, 0) is 75.8 Å². The van der Waals surface area contributed by atoms with E-state index in [1.807, 2.05) is 35.1 Å². The van der Waals surface area contributed by atoms with E-state index < -0.39 is 86.0 Å². The minimum Gasteiger partial charge on any atom is -0.478 e. The number of aromatic carboxylic acids is 1. The summed E-state index contributed by atoms with van der Waals surface area (Å²) in [7, 11) is -4.75. The topological polar surface area (TPSA) is 218 Å². The lowest BCUT2D eigenvalue weighted by atomic mass is 10.0. The maximum Gasteiger partial charge on any atom is 0.410 e. The molecule has 2 aromatic carbocycles. The van der Waals surface area contributed by atoms with Crippen molar-refractivity contribution < 1.29 is 51.8 Å². The molecule has 57 heavy (non-hydrogen) atoms. The van der Waals surface area contributed by atoms with Crippen LogP contribution in [0.4, 0.5) is 9.59 Å². The van der Waals surface area contributed by atoms with Crippen LogP contribution in [0.25, 0.3) is 0 Å². The first-order chi connectivity index (χ1) is 26.9. The predicted octanol–water partition coefficient (Wildman–Crippen LogP) is 4.25. The molecule has 3 heterocycles. The van der Waals surface area contributed by atoms with Crippen LogP contribution >= 0.6 is 11.6 Å². The highest BCUT2D eigenvalue weighted by atomic mass is 35.5. The molecule has 2 fully saturated rings. The van der Waals surface area contributed by atoms with Crippen LogP contribution in [-0.2, 0) is 47.0 Å². The Morgan fingerprint density at radius 3 is 2.39 bits per heavy atom. The van der Waals surface area contributed by atoms with Gasteiger partial charge in [-0.1, -0.05) is 60.9 Å².